The van der Waals surface area contributed by atoms with E-state index < -0.39 is 0 Å². The van der Waals surface area contributed by atoms with Crippen LogP contribution in [0.25, 0.3) is 11.3 Å². The van der Waals surface area contributed by atoms with Gasteiger partial charge in [0.25, 0.3) is 0 Å². The number of hydrogen-bond donors (Lipinski definition) is 0. The molecule has 5 heteroatoms. The highest BCUT2D eigenvalue weighted by molar-refractivity contribution is 7.99. The van der Waals surface area contributed by atoms with Crippen LogP contribution in [0.5, 0.6) is 0 Å². The van der Waals surface area contributed by atoms with Crippen molar-refractivity contribution in [2.45, 2.75) is 43.9 Å². The Hall–Kier alpha value is -2.50. The number of benzene rings is 2. The minimum atomic E-state index is -0.0453. The minimum Gasteiger partial charge on any atom is -0.440 e. The lowest BCUT2D eigenvalue weighted by atomic mass is 10.1. The summed E-state index contributed by atoms with van der Waals surface area (Å²) in [6.07, 6.45) is 1.25. The second-order valence-electron chi connectivity index (χ2n) is 7.62. The zero-order valence-electron chi connectivity index (χ0n) is 18.8. The van der Waals surface area contributed by atoms with Gasteiger partial charge in [-0.2, -0.15) is 0 Å². The van der Waals surface area contributed by atoms with Crippen LogP contribution in [0.2, 0.25) is 0 Å². The normalized spacial score (nSPS) is 13.5. The van der Waals surface area contributed by atoms with Crippen LogP contribution >= 0.6 is 11.8 Å². The topological polar surface area (TPSA) is 42.7 Å². The first kappa shape index (κ1) is 23.2. The fraction of sp³-hybridized carbons (Fsp3) is 0.346. The molecule has 2 heterocycles. The van der Waals surface area contributed by atoms with Gasteiger partial charge in [-0.05, 0) is 31.0 Å². The van der Waals surface area contributed by atoms with Crippen LogP contribution in [0.15, 0.2) is 73.6 Å². The van der Waals surface area contributed by atoms with Crippen molar-refractivity contribution in [3.8, 4) is 11.3 Å². The second-order valence-corrected chi connectivity index (χ2v) is 8.67. The van der Waals surface area contributed by atoms with Gasteiger partial charge in [0.05, 0.1) is 13.2 Å². The van der Waals surface area contributed by atoms with Crippen molar-refractivity contribution in [2.75, 3.05) is 31.2 Å². The van der Waals surface area contributed by atoms with Crippen molar-refractivity contribution in [3.05, 3.63) is 75.9 Å². The molecule has 1 saturated heterocycles. The number of morpholine rings is 1. The molecule has 0 atom stereocenters. The SMILES string of the molecule is CCC.Cc1ccccc1Sc1c(C)cccc1-c1cc(=O)cc(N2CCOCC2)o1. The van der Waals surface area contributed by atoms with Crippen molar-refractivity contribution < 1.29 is 9.15 Å². The summed E-state index contributed by atoms with van der Waals surface area (Å²) in [6.45, 7) is 11.2. The molecule has 1 fully saturated rings. The molecule has 0 amide bonds. The Morgan fingerprint density at radius 1 is 0.935 bits per heavy atom. The van der Waals surface area contributed by atoms with E-state index in [9.17, 15) is 4.79 Å². The smallest absolute Gasteiger partial charge is 0.200 e. The summed E-state index contributed by atoms with van der Waals surface area (Å²) in [5, 5.41) is 0. The molecule has 0 unspecified atom stereocenters. The fourth-order valence-electron chi connectivity index (χ4n) is 3.30. The number of hydrogen-bond acceptors (Lipinski definition) is 5. The largest absolute Gasteiger partial charge is 0.440 e. The Morgan fingerprint density at radius 2 is 1.61 bits per heavy atom. The monoisotopic (exact) mass is 437 g/mol. The molecule has 0 spiro atoms. The summed E-state index contributed by atoms with van der Waals surface area (Å²) in [5.41, 5.74) is 3.28. The molecule has 0 radical (unpaired) electrons. The van der Waals surface area contributed by atoms with Crippen molar-refractivity contribution in [1.29, 1.82) is 0 Å². The Bertz CT molecular complexity index is 1050. The predicted molar refractivity (Wildman–Crippen MR) is 129 cm³/mol. The minimum absolute atomic E-state index is 0.0453. The second kappa shape index (κ2) is 11.2. The van der Waals surface area contributed by atoms with E-state index in [0.29, 0.717) is 24.9 Å². The first-order chi connectivity index (χ1) is 15.0. The fourth-order valence-corrected chi connectivity index (χ4v) is 4.40. The molecule has 164 valence electrons. The molecule has 1 aromatic heterocycles. The highest BCUT2D eigenvalue weighted by Gasteiger charge is 2.18. The Kier molecular flexibility index (Phi) is 8.38. The molecule has 2 aromatic carbocycles. The van der Waals surface area contributed by atoms with E-state index in [4.69, 9.17) is 9.15 Å². The maximum Gasteiger partial charge on any atom is 0.200 e. The molecule has 0 bridgehead atoms. The Morgan fingerprint density at radius 3 is 2.32 bits per heavy atom. The maximum absolute atomic E-state index is 12.4. The third kappa shape index (κ3) is 6.02. The van der Waals surface area contributed by atoms with E-state index in [-0.39, 0.29) is 5.43 Å². The molecule has 4 nitrogen and oxygen atoms in total. The van der Waals surface area contributed by atoms with Crippen LogP contribution in [0.4, 0.5) is 5.88 Å². The number of anilines is 1. The summed E-state index contributed by atoms with van der Waals surface area (Å²) >= 11 is 1.71. The quantitative estimate of drug-likeness (QED) is 0.477. The van der Waals surface area contributed by atoms with Gasteiger partial charge < -0.3 is 14.1 Å². The van der Waals surface area contributed by atoms with E-state index in [1.807, 2.05) is 24.3 Å². The van der Waals surface area contributed by atoms with Gasteiger partial charge in [-0.15, -0.1) is 0 Å². The third-order valence-corrected chi connectivity index (χ3v) is 6.28. The van der Waals surface area contributed by atoms with Crippen LogP contribution in [-0.2, 0) is 4.74 Å². The van der Waals surface area contributed by atoms with Gasteiger partial charge in [-0.1, -0.05) is 68.4 Å². The number of nitrogens with zero attached hydrogens (tertiary/aromatic N) is 1. The van der Waals surface area contributed by atoms with Crippen molar-refractivity contribution in [2.24, 2.45) is 0 Å². The molecule has 0 N–H and O–H groups in total. The van der Waals surface area contributed by atoms with Crippen molar-refractivity contribution in [3.63, 3.8) is 0 Å². The first-order valence-electron chi connectivity index (χ1n) is 10.8. The zero-order chi connectivity index (χ0) is 22.2. The summed E-state index contributed by atoms with van der Waals surface area (Å²) in [5.74, 6) is 1.22. The number of aryl methyl sites for hydroxylation is 2. The van der Waals surface area contributed by atoms with Gasteiger partial charge in [-0.25, -0.2) is 0 Å². The number of rotatable bonds is 4. The maximum atomic E-state index is 12.4. The average Bonchev–Trinajstić information content (AvgIpc) is 2.77. The highest BCUT2D eigenvalue weighted by Crippen LogP contribution is 2.39. The standard InChI is InChI=1S/C23H23NO3S.C3H8/c1-16-6-3-4-9-21(16)28-23-17(2)7-5-8-19(23)20-14-18(25)15-22(27-20)24-10-12-26-13-11-24;1-3-2/h3-9,14-15H,10-13H2,1-2H3;3H2,1-2H3. The van der Waals surface area contributed by atoms with Gasteiger partial charge >= 0.3 is 0 Å². The molecule has 4 rings (SSSR count). The molecule has 0 saturated carbocycles. The van der Waals surface area contributed by atoms with Gasteiger partial charge in [0, 0.05) is 40.6 Å². The molecular weight excluding hydrogens is 406 g/mol. The van der Waals surface area contributed by atoms with E-state index in [2.05, 4.69) is 50.8 Å². The van der Waals surface area contributed by atoms with Crippen LogP contribution < -0.4 is 10.3 Å². The van der Waals surface area contributed by atoms with E-state index in [0.717, 1.165) is 29.1 Å². The summed E-state index contributed by atoms with van der Waals surface area (Å²) < 4.78 is 11.6. The molecule has 31 heavy (non-hydrogen) atoms. The number of ether oxygens (including phenoxy) is 1. The van der Waals surface area contributed by atoms with Crippen molar-refractivity contribution in [1.82, 2.24) is 0 Å². The van der Waals surface area contributed by atoms with E-state index in [1.165, 1.54) is 16.9 Å². The average molecular weight is 438 g/mol. The van der Waals surface area contributed by atoms with Gasteiger partial charge in [0.2, 0.25) is 0 Å². The lowest BCUT2D eigenvalue weighted by Gasteiger charge is -2.27. The lowest BCUT2D eigenvalue weighted by Crippen LogP contribution is -2.36. The van der Waals surface area contributed by atoms with Crippen LogP contribution in [-0.4, -0.2) is 26.3 Å². The first-order valence-corrected chi connectivity index (χ1v) is 11.7. The molecule has 1 aliphatic heterocycles. The van der Waals surface area contributed by atoms with E-state index in [1.54, 1.807) is 23.9 Å². The third-order valence-electron chi connectivity index (χ3n) is 4.86. The van der Waals surface area contributed by atoms with Gasteiger partial charge in [0.15, 0.2) is 11.3 Å². The van der Waals surface area contributed by atoms with Gasteiger partial charge in [0.1, 0.15) is 5.76 Å². The highest BCUT2D eigenvalue weighted by atomic mass is 32.2. The zero-order valence-corrected chi connectivity index (χ0v) is 19.6. The summed E-state index contributed by atoms with van der Waals surface area (Å²) in [6, 6.07) is 17.6. The molecular formula is C26H31NO3S. The lowest BCUT2D eigenvalue weighted by molar-refractivity contribution is 0.120. The van der Waals surface area contributed by atoms with Crippen LogP contribution in [0.3, 0.4) is 0 Å². The molecule has 0 aliphatic carbocycles. The van der Waals surface area contributed by atoms with E-state index >= 15 is 0 Å². The van der Waals surface area contributed by atoms with Crippen LogP contribution in [0.1, 0.15) is 31.4 Å². The molecule has 1 aliphatic rings. The summed E-state index contributed by atoms with van der Waals surface area (Å²) in [4.78, 5) is 16.8. The van der Waals surface area contributed by atoms with Gasteiger partial charge in [-0.3, -0.25) is 4.79 Å². The van der Waals surface area contributed by atoms with Crippen molar-refractivity contribution >= 4 is 17.6 Å². The Labute approximate surface area is 189 Å². The Balaban J connectivity index is 0.000000858. The predicted octanol–water partition coefficient (Wildman–Crippen LogP) is 6.33. The summed E-state index contributed by atoms with van der Waals surface area (Å²) in [7, 11) is 0. The van der Waals surface area contributed by atoms with Crippen LogP contribution in [0, 0.1) is 13.8 Å². The molecule has 3 aromatic rings.